The number of ether oxygens (including phenoxy) is 2. The molecule has 0 amide bonds. The highest BCUT2D eigenvalue weighted by molar-refractivity contribution is 5.85. The second-order valence-electron chi connectivity index (χ2n) is 7.65. The third kappa shape index (κ3) is 3.36. The van der Waals surface area contributed by atoms with Gasteiger partial charge in [0.1, 0.15) is 11.5 Å². The first-order valence-electron chi connectivity index (χ1n) is 9.77. The zero-order chi connectivity index (χ0) is 19.7. The number of aromatic amines is 1. The molecule has 0 radical (unpaired) electrons. The number of aryl methyl sites for hydroxylation is 1. The fourth-order valence-electron chi connectivity index (χ4n) is 4.25. The summed E-state index contributed by atoms with van der Waals surface area (Å²) in [6.45, 7) is 4.69. The zero-order valence-corrected chi connectivity index (χ0v) is 16.8. The zero-order valence-electron chi connectivity index (χ0n) is 16.8. The van der Waals surface area contributed by atoms with E-state index in [0.29, 0.717) is 12.8 Å². The van der Waals surface area contributed by atoms with Gasteiger partial charge in [0, 0.05) is 41.8 Å². The van der Waals surface area contributed by atoms with E-state index in [2.05, 4.69) is 28.9 Å². The topological polar surface area (TPSA) is 57.7 Å². The number of piperidine rings is 1. The second kappa shape index (κ2) is 7.49. The van der Waals surface area contributed by atoms with E-state index in [1.165, 1.54) is 16.6 Å². The Morgan fingerprint density at radius 2 is 1.82 bits per heavy atom. The molecule has 1 aromatic heterocycles. The van der Waals surface area contributed by atoms with Gasteiger partial charge in [-0.05, 0) is 49.6 Å². The van der Waals surface area contributed by atoms with Gasteiger partial charge >= 0.3 is 0 Å². The van der Waals surface area contributed by atoms with E-state index >= 15 is 0 Å². The Hall–Kier alpha value is -2.50. The summed E-state index contributed by atoms with van der Waals surface area (Å²) in [7, 11) is 3.35. The molecule has 1 fully saturated rings. The van der Waals surface area contributed by atoms with E-state index in [9.17, 15) is 5.11 Å². The number of fused-ring (bicyclic) bond motifs is 1. The van der Waals surface area contributed by atoms with Crippen LogP contribution >= 0.6 is 0 Å². The fourth-order valence-corrected chi connectivity index (χ4v) is 4.25. The average molecular weight is 380 g/mol. The molecule has 0 spiro atoms. The van der Waals surface area contributed by atoms with Crippen molar-refractivity contribution in [3.05, 3.63) is 59.3 Å². The van der Waals surface area contributed by atoms with Gasteiger partial charge in [-0.2, -0.15) is 0 Å². The van der Waals surface area contributed by atoms with Crippen LogP contribution in [0.3, 0.4) is 0 Å². The molecule has 0 saturated carbocycles. The van der Waals surface area contributed by atoms with Crippen LogP contribution in [0.1, 0.15) is 29.7 Å². The van der Waals surface area contributed by atoms with Gasteiger partial charge in [0.15, 0.2) is 0 Å². The summed E-state index contributed by atoms with van der Waals surface area (Å²) < 4.78 is 10.8. The molecule has 0 aliphatic carbocycles. The van der Waals surface area contributed by atoms with Gasteiger partial charge in [-0.1, -0.05) is 18.2 Å². The van der Waals surface area contributed by atoms with Crippen LogP contribution in [0.2, 0.25) is 0 Å². The van der Waals surface area contributed by atoms with Gasteiger partial charge in [0.25, 0.3) is 0 Å². The van der Waals surface area contributed by atoms with Gasteiger partial charge in [0.05, 0.1) is 19.8 Å². The average Bonchev–Trinajstić information content (AvgIpc) is 3.04. The van der Waals surface area contributed by atoms with Gasteiger partial charge in [-0.3, -0.25) is 4.90 Å². The van der Waals surface area contributed by atoms with E-state index in [-0.39, 0.29) is 0 Å². The second-order valence-corrected chi connectivity index (χ2v) is 7.65. The number of nitrogens with zero attached hydrogens (tertiary/aromatic N) is 1. The van der Waals surface area contributed by atoms with E-state index < -0.39 is 5.60 Å². The van der Waals surface area contributed by atoms with Gasteiger partial charge < -0.3 is 19.6 Å². The summed E-state index contributed by atoms with van der Waals surface area (Å²) >= 11 is 0. The molecule has 1 aliphatic rings. The lowest BCUT2D eigenvalue weighted by molar-refractivity contribution is -0.0294. The van der Waals surface area contributed by atoms with Crippen LogP contribution in [0.15, 0.2) is 42.5 Å². The predicted molar refractivity (Wildman–Crippen MR) is 111 cm³/mol. The van der Waals surface area contributed by atoms with Gasteiger partial charge in [-0.25, -0.2) is 0 Å². The number of H-pyrrole nitrogens is 1. The van der Waals surface area contributed by atoms with E-state index in [1.54, 1.807) is 14.2 Å². The number of methoxy groups -OCH3 is 2. The Morgan fingerprint density at radius 1 is 1.07 bits per heavy atom. The number of para-hydroxylation sites is 1. The molecular formula is C23H28N2O3. The predicted octanol–water partition coefficient (Wildman–Crippen LogP) is 3.98. The number of hydrogen-bond acceptors (Lipinski definition) is 4. The number of hydrogen-bond donors (Lipinski definition) is 2. The summed E-state index contributed by atoms with van der Waals surface area (Å²) in [5, 5.41) is 12.4. The van der Waals surface area contributed by atoms with Crippen LogP contribution < -0.4 is 9.47 Å². The van der Waals surface area contributed by atoms with Crippen molar-refractivity contribution in [3.63, 3.8) is 0 Å². The molecule has 2 aromatic carbocycles. The maximum Gasteiger partial charge on any atom is 0.124 e. The maximum atomic E-state index is 11.2. The number of nitrogens with one attached hydrogen (secondary N) is 1. The van der Waals surface area contributed by atoms with Crippen molar-refractivity contribution in [3.8, 4) is 11.5 Å². The third-order valence-corrected chi connectivity index (χ3v) is 6.04. The Morgan fingerprint density at radius 3 is 2.54 bits per heavy atom. The monoisotopic (exact) mass is 380 g/mol. The third-order valence-electron chi connectivity index (χ3n) is 6.04. The van der Waals surface area contributed by atoms with Crippen molar-refractivity contribution in [2.75, 3.05) is 27.3 Å². The summed E-state index contributed by atoms with van der Waals surface area (Å²) in [6, 6.07) is 13.9. The molecule has 0 atom stereocenters. The summed E-state index contributed by atoms with van der Waals surface area (Å²) in [4.78, 5) is 5.96. The Labute approximate surface area is 165 Å². The minimum Gasteiger partial charge on any atom is -0.497 e. The van der Waals surface area contributed by atoms with Crippen molar-refractivity contribution in [1.29, 1.82) is 0 Å². The quantitative estimate of drug-likeness (QED) is 0.703. The first-order valence-corrected chi connectivity index (χ1v) is 9.77. The molecule has 0 unspecified atom stereocenters. The van der Waals surface area contributed by atoms with Crippen LogP contribution in [0, 0.1) is 6.92 Å². The highest BCUT2D eigenvalue weighted by atomic mass is 16.5. The SMILES string of the molecule is COc1ccc2[nH]c(CN3CCC(O)(c4ccccc4OC)CC3)c(C)c2c1. The van der Waals surface area contributed by atoms with E-state index in [4.69, 9.17) is 9.47 Å². The molecule has 2 N–H and O–H groups in total. The van der Waals surface area contributed by atoms with Crippen molar-refractivity contribution in [2.24, 2.45) is 0 Å². The molecule has 28 heavy (non-hydrogen) atoms. The van der Waals surface area contributed by atoms with Crippen LogP contribution in [-0.4, -0.2) is 42.3 Å². The molecule has 2 heterocycles. The molecule has 1 aliphatic heterocycles. The smallest absolute Gasteiger partial charge is 0.124 e. The number of benzene rings is 2. The molecule has 3 aromatic rings. The van der Waals surface area contributed by atoms with Crippen LogP contribution in [0.25, 0.3) is 10.9 Å². The Balaban J connectivity index is 1.49. The van der Waals surface area contributed by atoms with Gasteiger partial charge in [-0.15, -0.1) is 0 Å². The Kier molecular flexibility index (Phi) is 5.04. The van der Waals surface area contributed by atoms with Crippen LogP contribution in [0.5, 0.6) is 11.5 Å². The minimum absolute atomic E-state index is 0.695. The first kappa shape index (κ1) is 18.8. The van der Waals surface area contributed by atoms with Crippen molar-refractivity contribution in [1.82, 2.24) is 9.88 Å². The molecule has 5 heteroatoms. The lowest BCUT2D eigenvalue weighted by Gasteiger charge is -2.39. The first-order chi connectivity index (χ1) is 13.5. The van der Waals surface area contributed by atoms with E-state index in [1.807, 2.05) is 30.3 Å². The summed E-state index contributed by atoms with van der Waals surface area (Å²) in [5.41, 5.74) is 3.69. The largest absolute Gasteiger partial charge is 0.497 e. The molecular weight excluding hydrogens is 352 g/mol. The number of rotatable bonds is 5. The lowest BCUT2D eigenvalue weighted by Crippen LogP contribution is -2.42. The van der Waals surface area contributed by atoms with Crippen molar-refractivity contribution in [2.45, 2.75) is 31.9 Å². The molecule has 4 rings (SSSR count). The maximum absolute atomic E-state index is 11.2. The highest BCUT2D eigenvalue weighted by Crippen LogP contribution is 2.38. The van der Waals surface area contributed by atoms with Gasteiger partial charge in [0.2, 0.25) is 0 Å². The van der Waals surface area contributed by atoms with Crippen LogP contribution in [0.4, 0.5) is 0 Å². The standard InChI is InChI=1S/C23H28N2O3/c1-16-18-14-17(27-2)8-9-20(18)24-21(16)15-25-12-10-23(26,11-13-25)19-6-4-5-7-22(19)28-3/h4-9,14,24,26H,10-13,15H2,1-3H3. The fraction of sp³-hybridized carbons (Fsp3) is 0.391. The van der Waals surface area contributed by atoms with Crippen molar-refractivity contribution < 1.29 is 14.6 Å². The number of likely N-dealkylation sites (tertiary alicyclic amines) is 1. The molecule has 148 valence electrons. The number of aromatic nitrogens is 1. The summed E-state index contributed by atoms with van der Waals surface area (Å²) in [6.07, 6.45) is 1.39. The lowest BCUT2D eigenvalue weighted by atomic mass is 9.84. The van der Waals surface area contributed by atoms with Crippen molar-refractivity contribution >= 4 is 10.9 Å². The Bertz CT molecular complexity index is 971. The number of aliphatic hydroxyl groups is 1. The molecule has 0 bridgehead atoms. The summed E-state index contributed by atoms with van der Waals surface area (Å²) in [5.74, 6) is 1.64. The normalized spacial score (nSPS) is 17.0. The molecule has 1 saturated heterocycles. The highest BCUT2D eigenvalue weighted by Gasteiger charge is 2.36. The molecule has 5 nitrogen and oxygen atoms in total. The van der Waals surface area contributed by atoms with Crippen LogP contribution in [-0.2, 0) is 12.1 Å². The van der Waals surface area contributed by atoms with E-state index in [0.717, 1.165) is 42.2 Å². The minimum atomic E-state index is -0.827.